The molecular weight excluding hydrogens is 372 g/mol. The number of pyridine rings is 1. The van der Waals surface area contributed by atoms with Gasteiger partial charge in [-0.05, 0) is 55.8 Å². The largest absolute Gasteiger partial charge is 0.349 e. The van der Waals surface area contributed by atoms with Crippen LogP contribution < -0.4 is 5.32 Å². The molecule has 0 unspecified atom stereocenters. The van der Waals surface area contributed by atoms with E-state index in [-0.39, 0.29) is 5.91 Å². The van der Waals surface area contributed by atoms with Crippen molar-refractivity contribution in [1.29, 1.82) is 0 Å². The Labute approximate surface area is 168 Å². The first-order valence-corrected chi connectivity index (χ1v) is 10.6. The lowest BCUT2D eigenvalue weighted by Crippen LogP contribution is -2.28. The molecule has 4 rings (SSSR count). The van der Waals surface area contributed by atoms with Crippen molar-refractivity contribution >= 4 is 17.4 Å². The standard InChI is InChI=1S/C20H24N6OS/c1-2-5-16-19(28-25-23-16)20(27)22-12-13-26-17-7-4-3-6-15(17)18(24-26)14-8-10-21-11-9-14/h8-11H,2-7,12-13H2,1H3,(H,22,27). The second kappa shape index (κ2) is 8.60. The Kier molecular flexibility index (Phi) is 5.76. The van der Waals surface area contributed by atoms with E-state index in [9.17, 15) is 4.79 Å². The van der Waals surface area contributed by atoms with Gasteiger partial charge in [0, 0.05) is 35.8 Å². The van der Waals surface area contributed by atoms with E-state index in [2.05, 4.69) is 31.5 Å². The summed E-state index contributed by atoms with van der Waals surface area (Å²) in [6, 6.07) is 4.02. The molecule has 0 atom stereocenters. The van der Waals surface area contributed by atoms with Gasteiger partial charge in [0.15, 0.2) is 0 Å². The van der Waals surface area contributed by atoms with Crippen LogP contribution in [0.1, 0.15) is 52.8 Å². The van der Waals surface area contributed by atoms with Gasteiger partial charge in [0.05, 0.1) is 17.9 Å². The minimum Gasteiger partial charge on any atom is -0.349 e. The Hall–Kier alpha value is -2.61. The Bertz CT molecular complexity index is 949. The van der Waals surface area contributed by atoms with Crippen LogP contribution in [-0.4, -0.2) is 36.8 Å². The summed E-state index contributed by atoms with van der Waals surface area (Å²) in [7, 11) is 0. The molecule has 1 amide bonds. The van der Waals surface area contributed by atoms with Gasteiger partial charge in [0.25, 0.3) is 5.91 Å². The second-order valence-electron chi connectivity index (χ2n) is 6.99. The lowest BCUT2D eigenvalue weighted by Gasteiger charge is -2.14. The van der Waals surface area contributed by atoms with Crippen molar-refractivity contribution < 1.29 is 4.79 Å². The van der Waals surface area contributed by atoms with Gasteiger partial charge in [-0.1, -0.05) is 17.8 Å². The summed E-state index contributed by atoms with van der Waals surface area (Å²) in [4.78, 5) is 17.2. The molecular formula is C20H24N6OS. The van der Waals surface area contributed by atoms with E-state index in [4.69, 9.17) is 5.10 Å². The third-order valence-electron chi connectivity index (χ3n) is 5.07. The van der Waals surface area contributed by atoms with Gasteiger partial charge in [-0.15, -0.1) is 5.10 Å². The molecule has 0 radical (unpaired) electrons. The monoisotopic (exact) mass is 396 g/mol. The molecule has 0 spiro atoms. The quantitative estimate of drug-likeness (QED) is 0.663. The summed E-state index contributed by atoms with van der Waals surface area (Å²) >= 11 is 1.17. The van der Waals surface area contributed by atoms with Crippen LogP contribution in [0.5, 0.6) is 0 Å². The third-order valence-corrected chi connectivity index (χ3v) is 5.84. The summed E-state index contributed by atoms with van der Waals surface area (Å²) in [6.45, 7) is 3.27. The number of nitrogens with one attached hydrogen (secondary N) is 1. The van der Waals surface area contributed by atoms with E-state index in [1.807, 2.05) is 12.1 Å². The molecule has 3 aromatic rings. The molecule has 0 saturated heterocycles. The number of nitrogens with zero attached hydrogens (tertiary/aromatic N) is 5. The van der Waals surface area contributed by atoms with Crippen molar-refractivity contribution in [1.82, 2.24) is 29.7 Å². The molecule has 1 N–H and O–H groups in total. The predicted octanol–water partition coefficient (Wildman–Crippen LogP) is 3.06. The average molecular weight is 397 g/mol. The molecule has 28 heavy (non-hydrogen) atoms. The fourth-order valence-electron chi connectivity index (χ4n) is 3.73. The zero-order valence-corrected chi connectivity index (χ0v) is 16.8. The predicted molar refractivity (Wildman–Crippen MR) is 108 cm³/mol. The minimum atomic E-state index is -0.0890. The lowest BCUT2D eigenvalue weighted by atomic mass is 9.94. The Morgan fingerprint density at radius 2 is 2.07 bits per heavy atom. The number of carbonyl (C=O) groups excluding carboxylic acids is 1. The number of aryl methyl sites for hydroxylation is 1. The molecule has 8 heteroatoms. The zero-order valence-electron chi connectivity index (χ0n) is 16.0. The molecule has 0 bridgehead atoms. The van der Waals surface area contributed by atoms with E-state index < -0.39 is 0 Å². The van der Waals surface area contributed by atoms with Crippen LogP contribution in [0, 0.1) is 0 Å². The number of carbonyl (C=O) groups is 1. The fourth-order valence-corrected chi connectivity index (χ4v) is 4.36. The van der Waals surface area contributed by atoms with Crippen LogP contribution in [-0.2, 0) is 25.8 Å². The minimum absolute atomic E-state index is 0.0890. The molecule has 146 valence electrons. The first-order valence-electron chi connectivity index (χ1n) is 9.86. The van der Waals surface area contributed by atoms with E-state index in [1.165, 1.54) is 35.6 Å². The maximum absolute atomic E-state index is 12.5. The molecule has 0 saturated carbocycles. The van der Waals surface area contributed by atoms with Crippen LogP contribution in [0.4, 0.5) is 0 Å². The molecule has 0 aliphatic heterocycles. The van der Waals surface area contributed by atoms with Gasteiger partial charge < -0.3 is 5.32 Å². The Balaban J connectivity index is 1.47. The van der Waals surface area contributed by atoms with Gasteiger partial charge in [-0.2, -0.15) is 5.10 Å². The van der Waals surface area contributed by atoms with Gasteiger partial charge in [-0.25, -0.2) is 0 Å². The van der Waals surface area contributed by atoms with Crippen molar-refractivity contribution in [2.24, 2.45) is 0 Å². The molecule has 1 aliphatic rings. The van der Waals surface area contributed by atoms with E-state index in [0.717, 1.165) is 42.6 Å². The van der Waals surface area contributed by atoms with Gasteiger partial charge in [0.1, 0.15) is 4.88 Å². The molecule has 3 heterocycles. The van der Waals surface area contributed by atoms with Crippen molar-refractivity contribution in [2.45, 2.75) is 52.0 Å². The van der Waals surface area contributed by atoms with Crippen LogP contribution >= 0.6 is 11.5 Å². The molecule has 1 aliphatic carbocycles. The van der Waals surface area contributed by atoms with E-state index in [1.54, 1.807) is 12.4 Å². The normalized spacial score (nSPS) is 13.3. The first kappa shape index (κ1) is 18.7. The lowest BCUT2D eigenvalue weighted by molar-refractivity contribution is 0.0954. The highest BCUT2D eigenvalue weighted by Crippen LogP contribution is 2.30. The van der Waals surface area contributed by atoms with Crippen molar-refractivity contribution in [3.05, 3.63) is 46.4 Å². The number of fused-ring (bicyclic) bond motifs is 1. The summed E-state index contributed by atoms with van der Waals surface area (Å²) in [5.41, 5.74) is 5.61. The van der Waals surface area contributed by atoms with Gasteiger partial charge >= 0.3 is 0 Å². The number of rotatable bonds is 7. The summed E-state index contributed by atoms with van der Waals surface area (Å²) in [6.07, 6.45) is 9.83. The highest BCUT2D eigenvalue weighted by atomic mass is 32.1. The van der Waals surface area contributed by atoms with Crippen molar-refractivity contribution in [2.75, 3.05) is 6.54 Å². The van der Waals surface area contributed by atoms with Crippen LogP contribution in [0.25, 0.3) is 11.3 Å². The average Bonchev–Trinajstić information content (AvgIpc) is 3.34. The summed E-state index contributed by atoms with van der Waals surface area (Å²) < 4.78 is 6.00. The van der Waals surface area contributed by atoms with Crippen molar-refractivity contribution in [3.63, 3.8) is 0 Å². The Morgan fingerprint density at radius 1 is 1.25 bits per heavy atom. The fraction of sp³-hybridized carbons (Fsp3) is 0.450. The molecule has 0 aromatic carbocycles. The van der Waals surface area contributed by atoms with E-state index >= 15 is 0 Å². The summed E-state index contributed by atoms with van der Waals surface area (Å²) in [5.74, 6) is -0.0890. The van der Waals surface area contributed by atoms with Crippen LogP contribution in [0.2, 0.25) is 0 Å². The topological polar surface area (TPSA) is 85.6 Å². The molecule has 7 nitrogen and oxygen atoms in total. The highest BCUT2D eigenvalue weighted by Gasteiger charge is 2.22. The van der Waals surface area contributed by atoms with Crippen LogP contribution in [0.15, 0.2) is 24.5 Å². The number of amides is 1. The SMILES string of the molecule is CCCc1nnsc1C(=O)NCCn1nc(-c2ccncc2)c2c1CCCC2. The first-order chi connectivity index (χ1) is 13.8. The zero-order chi connectivity index (χ0) is 19.3. The van der Waals surface area contributed by atoms with Crippen molar-refractivity contribution in [3.8, 4) is 11.3 Å². The number of hydrogen-bond donors (Lipinski definition) is 1. The molecule has 3 aromatic heterocycles. The van der Waals surface area contributed by atoms with Gasteiger partial charge in [-0.3, -0.25) is 14.5 Å². The summed E-state index contributed by atoms with van der Waals surface area (Å²) in [5, 5.41) is 12.0. The maximum atomic E-state index is 12.5. The van der Waals surface area contributed by atoms with Gasteiger partial charge in [0.2, 0.25) is 0 Å². The number of hydrogen-bond acceptors (Lipinski definition) is 6. The second-order valence-corrected chi connectivity index (χ2v) is 7.75. The number of aromatic nitrogens is 5. The third kappa shape index (κ3) is 3.82. The molecule has 0 fully saturated rings. The highest BCUT2D eigenvalue weighted by molar-refractivity contribution is 7.08. The van der Waals surface area contributed by atoms with E-state index in [0.29, 0.717) is 18.0 Å². The van der Waals surface area contributed by atoms with Crippen LogP contribution in [0.3, 0.4) is 0 Å². The maximum Gasteiger partial charge on any atom is 0.265 e. The Morgan fingerprint density at radius 3 is 2.89 bits per heavy atom. The smallest absolute Gasteiger partial charge is 0.265 e.